The Morgan fingerprint density at radius 3 is 2.42 bits per heavy atom. The van der Waals surface area contributed by atoms with E-state index in [4.69, 9.17) is 4.89 Å². The van der Waals surface area contributed by atoms with Crippen LogP contribution in [0, 0.1) is 0 Å². The summed E-state index contributed by atoms with van der Waals surface area (Å²) in [6, 6.07) is 7.45. The molecule has 0 aromatic heterocycles. The van der Waals surface area contributed by atoms with Crippen LogP contribution in [0.4, 0.5) is 0 Å². The van der Waals surface area contributed by atoms with Crippen LogP contribution in [0.15, 0.2) is 30.8 Å². The fourth-order valence-electron chi connectivity index (χ4n) is 0.946. The van der Waals surface area contributed by atoms with Crippen LogP contribution in [-0.2, 0) is 10.7 Å². The molecule has 0 aliphatic heterocycles. The van der Waals surface area contributed by atoms with Crippen LogP contribution < -0.4 is 0 Å². The molecule has 0 saturated heterocycles. The molecular weight excluding hydrogens is 171 g/mol. The third kappa shape index (κ3) is 2.65. The Balaban J connectivity index is 2.77. The van der Waals surface area contributed by atoms with E-state index in [0.717, 1.165) is 11.1 Å². The SMILES string of the molecule is C=Cc1ccc(C[PH](=O)O)cc1. The summed E-state index contributed by atoms with van der Waals surface area (Å²) in [4.78, 5) is 8.66. The van der Waals surface area contributed by atoms with Crippen molar-refractivity contribution in [3.63, 3.8) is 0 Å². The Kier molecular flexibility index (Phi) is 3.27. The van der Waals surface area contributed by atoms with Gasteiger partial charge < -0.3 is 4.89 Å². The Labute approximate surface area is 72.4 Å². The number of hydrogen-bond donors (Lipinski definition) is 1. The Morgan fingerprint density at radius 2 is 2.00 bits per heavy atom. The van der Waals surface area contributed by atoms with Crippen molar-refractivity contribution in [2.75, 3.05) is 0 Å². The summed E-state index contributed by atoms with van der Waals surface area (Å²) in [6.07, 6.45) is 2.01. The maximum atomic E-state index is 10.5. The predicted octanol–water partition coefficient (Wildman–Crippen LogP) is 2.30. The molecule has 1 rings (SSSR count). The van der Waals surface area contributed by atoms with Gasteiger partial charge in [0, 0.05) is 6.16 Å². The molecule has 12 heavy (non-hydrogen) atoms. The molecule has 0 amide bonds. The molecule has 0 aliphatic rings. The first-order valence-electron chi connectivity index (χ1n) is 3.65. The number of benzene rings is 1. The monoisotopic (exact) mass is 182 g/mol. The van der Waals surface area contributed by atoms with E-state index in [1.165, 1.54) is 0 Å². The molecule has 1 unspecified atom stereocenters. The average molecular weight is 182 g/mol. The first kappa shape index (κ1) is 9.24. The standard InChI is InChI=1S/C9H11O2P/c1-2-8-3-5-9(6-4-8)7-12(10)11/h2-6,12H,1,7H2,(H,10,11). The van der Waals surface area contributed by atoms with Gasteiger partial charge in [-0.1, -0.05) is 36.9 Å². The van der Waals surface area contributed by atoms with Gasteiger partial charge in [-0.2, -0.15) is 0 Å². The van der Waals surface area contributed by atoms with Crippen molar-refractivity contribution in [1.29, 1.82) is 0 Å². The van der Waals surface area contributed by atoms with Crippen LogP contribution in [0.2, 0.25) is 0 Å². The summed E-state index contributed by atoms with van der Waals surface area (Å²) < 4.78 is 10.5. The van der Waals surface area contributed by atoms with E-state index < -0.39 is 8.03 Å². The van der Waals surface area contributed by atoms with E-state index in [0.29, 0.717) is 0 Å². The van der Waals surface area contributed by atoms with Gasteiger partial charge in [-0.15, -0.1) is 0 Å². The highest BCUT2D eigenvalue weighted by atomic mass is 31.1. The minimum atomic E-state index is -2.38. The van der Waals surface area contributed by atoms with E-state index >= 15 is 0 Å². The van der Waals surface area contributed by atoms with Crippen molar-refractivity contribution < 1.29 is 9.46 Å². The summed E-state index contributed by atoms with van der Waals surface area (Å²) in [6.45, 7) is 3.62. The quantitative estimate of drug-likeness (QED) is 0.728. The lowest BCUT2D eigenvalue weighted by Crippen LogP contribution is -1.79. The second-order valence-corrected chi connectivity index (χ2v) is 3.66. The molecular formula is C9H11O2P. The molecule has 3 heteroatoms. The summed E-state index contributed by atoms with van der Waals surface area (Å²) in [5.41, 5.74) is 1.92. The minimum Gasteiger partial charge on any atom is -0.346 e. The highest BCUT2D eigenvalue weighted by Gasteiger charge is 1.95. The summed E-state index contributed by atoms with van der Waals surface area (Å²) in [7, 11) is -2.38. The molecule has 2 nitrogen and oxygen atoms in total. The van der Waals surface area contributed by atoms with Crippen molar-refractivity contribution >= 4 is 14.1 Å². The third-order valence-corrected chi connectivity index (χ3v) is 2.28. The molecule has 0 spiro atoms. The molecule has 64 valence electrons. The zero-order valence-electron chi connectivity index (χ0n) is 6.66. The van der Waals surface area contributed by atoms with Gasteiger partial charge in [-0.25, -0.2) is 0 Å². The Bertz CT molecular complexity index is 290. The molecule has 0 saturated carbocycles. The highest BCUT2D eigenvalue weighted by molar-refractivity contribution is 7.37. The predicted molar refractivity (Wildman–Crippen MR) is 51.5 cm³/mol. The highest BCUT2D eigenvalue weighted by Crippen LogP contribution is 2.21. The molecule has 1 aromatic carbocycles. The zero-order chi connectivity index (χ0) is 8.97. The van der Waals surface area contributed by atoms with Gasteiger partial charge in [0.1, 0.15) is 0 Å². The number of rotatable bonds is 3. The smallest absolute Gasteiger partial charge is 0.193 e. The summed E-state index contributed by atoms with van der Waals surface area (Å²) >= 11 is 0. The van der Waals surface area contributed by atoms with Crippen LogP contribution in [-0.4, -0.2) is 4.89 Å². The van der Waals surface area contributed by atoms with E-state index in [1.807, 2.05) is 24.3 Å². The van der Waals surface area contributed by atoms with Crippen LogP contribution in [0.5, 0.6) is 0 Å². The second kappa shape index (κ2) is 4.24. The lowest BCUT2D eigenvalue weighted by atomic mass is 10.1. The van der Waals surface area contributed by atoms with Crippen LogP contribution in [0.3, 0.4) is 0 Å². The van der Waals surface area contributed by atoms with Gasteiger partial charge in [0.15, 0.2) is 8.03 Å². The minimum absolute atomic E-state index is 0.266. The fraction of sp³-hybridized carbons (Fsp3) is 0.111. The van der Waals surface area contributed by atoms with Gasteiger partial charge in [0.2, 0.25) is 0 Å². The van der Waals surface area contributed by atoms with E-state index in [1.54, 1.807) is 6.08 Å². The molecule has 0 heterocycles. The number of hydrogen-bond acceptors (Lipinski definition) is 1. The second-order valence-electron chi connectivity index (χ2n) is 2.52. The Hall–Kier alpha value is -0.850. The zero-order valence-corrected chi connectivity index (χ0v) is 7.66. The van der Waals surface area contributed by atoms with Crippen molar-refractivity contribution in [1.82, 2.24) is 0 Å². The Morgan fingerprint density at radius 1 is 1.42 bits per heavy atom. The van der Waals surface area contributed by atoms with Crippen molar-refractivity contribution in [2.45, 2.75) is 6.16 Å². The van der Waals surface area contributed by atoms with E-state index in [2.05, 4.69) is 6.58 Å². The van der Waals surface area contributed by atoms with Crippen LogP contribution >= 0.6 is 8.03 Å². The molecule has 0 bridgehead atoms. The lowest BCUT2D eigenvalue weighted by molar-refractivity contribution is 0.502. The molecule has 0 fully saturated rings. The summed E-state index contributed by atoms with van der Waals surface area (Å²) in [5.74, 6) is 0. The summed E-state index contributed by atoms with van der Waals surface area (Å²) in [5, 5.41) is 0. The van der Waals surface area contributed by atoms with Crippen molar-refractivity contribution in [2.24, 2.45) is 0 Å². The van der Waals surface area contributed by atoms with Gasteiger partial charge >= 0.3 is 0 Å². The lowest BCUT2D eigenvalue weighted by Gasteiger charge is -1.97. The van der Waals surface area contributed by atoms with Crippen molar-refractivity contribution in [3.8, 4) is 0 Å². The molecule has 1 atom stereocenters. The first-order valence-corrected chi connectivity index (χ1v) is 5.22. The van der Waals surface area contributed by atoms with Gasteiger partial charge in [-0.05, 0) is 11.1 Å². The average Bonchev–Trinajstić information content (AvgIpc) is 2.05. The molecule has 0 aliphatic carbocycles. The third-order valence-electron chi connectivity index (χ3n) is 1.57. The van der Waals surface area contributed by atoms with Gasteiger partial charge in [0.05, 0.1) is 0 Å². The molecule has 1 aromatic rings. The van der Waals surface area contributed by atoms with Crippen LogP contribution in [0.1, 0.15) is 11.1 Å². The largest absolute Gasteiger partial charge is 0.346 e. The molecule has 1 N–H and O–H groups in total. The van der Waals surface area contributed by atoms with Crippen molar-refractivity contribution in [3.05, 3.63) is 42.0 Å². The fourth-order valence-corrected chi connectivity index (χ4v) is 1.53. The maximum absolute atomic E-state index is 10.5. The van der Waals surface area contributed by atoms with Crippen LogP contribution in [0.25, 0.3) is 6.08 Å². The van der Waals surface area contributed by atoms with Gasteiger partial charge in [-0.3, -0.25) is 4.57 Å². The molecule has 0 radical (unpaired) electrons. The van der Waals surface area contributed by atoms with E-state index in [9.17, 15) is 4.57 Å². The normalized spacial score (nSPS) is 12.4. The maximum Gasteiger partial charge on any atom is 0.193 e. The van der Waals surface area contributed by atoms with Gasteiger partial charge in [0.25, 0.3) is 0 Å². The first-order chi connectivity index (χ1) is 5.72. The topological polar surface area (TPSA) is 37.3 Å². The van der Waals surface area contributed by atoms with E-state index in [-0.39, 0.29) is 6.16 Å².